The molecule has 1 atom stereocenters. The molecule has 3 nitrogen and oxygen atoms in total. The summed E-state index contributed by atoms with van der Waals surface area (Å²) in [6.45, 7) is 2.34. The Morgan fingerprint density at radius 1 is 0.414 bits per heavy atom. The molecule has 1 aliphatic rings. The Morgan fingerprint density at radius 3 is 1.29 bits per heavy atom. The number of hydrogen-bond acceptors (Lipinski definition) is 1. The summed E-state index contributed by atoms with van der Waals surface area (Å²) in [6.07, 6.45) is 7.81. The van der Waals surface area contributed by atoms with Crippen LogP contribution >= 0.6 is 0 Å². The highest BCUT2D eigenvalue weighted by Crippen LogP contribution is 2.43. The van der Waals surface area contributed by atoms with Crippen molar-refractivity contribution in [1.29, 1.82) is 0 Å². The molecular formula is C55H41N3. The van der Waals surface area contributed by atoms with Gasteiger partial charge in [-0.3, -0.25) is 0 Å². The molecule has 276 valence electrons. The quantitative estimate of drug-likeness (QED) is 0.158. The number of allylic oxidation sites excluding steroid dienone is 4. The number of para-hydroxylation sites is 2. The minimum Gasteiger partial charge on any atom is -0.314 e. The van der Waals surface area contributed by atoms with E-state index in [1.165, 1.54) is 71.6 Å². The van der Waals surface area contributed by atoms with E-state index in [0.29, 0.717) is 5.92 Å². The first-order valence-electron chi connectivity index (χ1n) is 20.2. The predicted octanol–water partition coefficient (Wildman–Crippen LogP) is 14.8. The Bertz CT molecular complexity index is 2980. The molecule has 0 aliphatic heterocycles. The molecule has 0 N–H and O–H groups in total. The second kappa shape index (κ2) is 14.0. The van der Waals surface area contributed by atoms with Gasteiger partial charge in [0.15, 0.2) is 0 Å². The third-order valence-electron chi connectivity index (χ3n) is 11.9. The molecule has 0 fully saturated rings. The van der Waals surface area contributed by atoms with Crippen LogP contribution in [0.4, 0.5) is 11.4 Å². The van der Waals surface area contributed by atoms with E-state index in [1.54, 1.807) is 0 Å². The summed E-state index contributed by atoms with van der Waals surface area (Å²) in [5, 5.41) is 4.96. The zero-order valence-electron chi connectivity index (χ0n) is 32.3. The number of benzene rings is 8. The van der Waals surface area contributed by atoms with Gasteiger partial charge < -0.3 is 14.0 Å². The van der Waals surface area contributed by atoms with Crippen molar-refractivity contribution in [3.63, 3.8) is 0 Å². The molecule has 0 saturated carbocycles. The van der Waals surface area contributed by atoms with Crippen LogP contribution in [-0.4, -0.2) is 9.13 Å². The van der Waals surface area contributed by atoms with Gasteiger partial charge in [0.05, 0.1) is 22.1 Å². The Morgan fingerprint density at radius 2 is 0.828 bits per heavy atom. The van der Waals surface area contributed by atoms with Crippen molar-refractivity contribution in [1.82, 2.24) is 9.13 Å². The van der Waals surface area contributed by atoms with Crippen LogP contribution in [0, 0.1) is 5.92 Å². The monoisotopic (exact) mass is 743 g/mol. The van der Waals surface area contributed by atoms with E-state index in [0.717, 1.165) is 29.2 Å². The molecule has 0 amide bonds. The Balaban J connectivity index is 1.06. The number of hydrogen-bond donors (Lipinski definition) is 0. The summed E-state index contributed by atoms with van der Waals surface area (Å²) in [5.74, 6) is 0.352. The minimum atomic E-state index is 0.352. The largest absolute Gasteiger partial charge is 0.314 e. The van der Waals surface area contributed by atoms with Crippen molar-refractivity contribution in [3.8, 4) is 33.6 Å². The van der Waals surface area contributed by atoms with Gasteiger partial charge in [-0.05, 0) is 108 Å². The molecule has 10 aromatic rings. The van der Waals surface area contributed by atoms with Gasteiger partial charge in [0.1, 0.15) is 0 Å². The fraction of sp³-hybridized carbons (Fsp3) is 0.0545. The number of rotatable bonds is 7. The van der Waals surface area contributed by atoms with Crippen LogP contribution < -0.4 is 4.90 Å². The first-order chi connectivity index (χ1) is 28.7. The number of anilines is 2. The molecule has 2 heterocycles. The van der Waals surface area contributed by atoms with Crippen LogP contribution in [-0.2, 0) is 0 Å². The molecule has 58 heavy (non-hydrogen) atoms. The summed E-state index contributed by atoms with van der Waals surface area (Å²) in [7, 11) is 0. The maximum Gasteiger partial charge on any atom is 0.0542 e. The van der Waals surface area contributed by atoms with Gasteiger partial charge in [0.25, 0.3) is 0 Å². The van der Waals surface area contributed by atoms with Gasteiger partial charge >= 0.3 is 0 Å². The summed E-state index contributed by atoms with van der Waals surface area (Å²) < 4.78 is 4.82. The lowest BCUT2D eigenvalue weighted by Gasteiger charge is -2.32. The second-order valence-electron chi connectivity index (χ2n) is 15.4. The Kier molecular flexibility index (Phi) is 8.18. The summed E-state index contributed by atoms with van der Waals surface area (Å²) in [5.41, 5.74) is 15.6. The number of fused-ring (bicyclic) bond motifs is 6. The maximum absolute atomic E-state index is 2.49. The fourth-order valence-electron chi connectivity index (χ4n) is 9.10. The van der Waals surface area contributed by atoms with Gasteiger partial charge in [0.2, 0.25) is 0 Å². The third kappa shape index (κ3) is 5.66. The first kappa shape index (κ1) is 33.9. The van der Waals surface area contributed by atoms with Crippen LogP contribution in [0.2, 0.25) is 0 Å². The lowest BCUT2D eigenvalue weighted by molar-refractivity contribution is 0.670. The van der Waals surface area contributed by atoms with E-state index in [2.05, 4.69) is 233 Å². The van der Waals surface area contributed by atoms with Crippen LogP contribution in [0.5, 0.6) is 0 Å². The van der Waals surface area contributed by atoms with Gasteiger partial charge in [-0.15, -0.1) is 0 Å². The molecule has 0 saturated heterocycles. The Hall–Kier alpha value is -7.36. The highest BCUT2D eigenvalue weighted by Gasteiger charge is 2.24. The molecule has 2 aromatic heterocycles. The van der Waals surface area contributed by atoms with Crippen LogP contribution in [0.3, 0.4) is 0 Å². The standard InChI is InChI=1S/C55H41N3/c1-38-14-8-11-21-51(38)56(45-32-34-54-49(36-45)47-19-9-12-22-52(47)57(54)43-28-24-41(25-29-43)39-15-4-2-5-16-39)46-33-35-55-50(37-46)48-20-10-13-23-53(48)58(55)44-30-26-42(27-31-44)40-17-6-3-7-18-40/h2-13,15-38H,14H2,1H3. The van der Waals surface area contributed by atoms with Crippen molar-refractivity contribution in [3.05, 3.63) is 218 Å². The van der Waals surface area contributed by atoms with E-state index < -0.39 is 0 Å². The van der Waals surface area contributed by atoms with E-state index in [9.17, 15) is 0 Å². The lowest BCUT2D eigenvalue weighted by atomic mass is 9.96. The lowest BCUT2D eigenvalue weighted by Crippen LogP contribution is -2.22. The van der Waals surface area contributed by atoms with Crippen molar-refractivity contribution in [2.75, 3.05) is 4.90 Å². The SMILES string of the molecule is CC1CC=CC=C1N(c1ccc2c(c1)c1ccccc1n2-c1ccc(-c2ccccc2)cc1)c1ccc2c(c1)c1ccccc1n2-c1ccc(-c2ccccc2)cc1. The molecule has 0 bridgehead atoms. The highest BCUT2D eigenvalue weighted by atomic mass is 15.2. The summed E-state index contributed by atoms with van der Waals surface area (Å²) in [4.78, 5) is 2.49. The van der Waals surface area contributed by atoms with E-state index in [1.807, 2.05) is 0 Å². The molecule has 1 aliphatic carbocycles. The van der Waals surface area contributed by atoms with E-state index >= 15 is 0 Å². The summed E-state index contributed by atoms with van der Waals surface area (Å²) in [6, 6.07) is 70.8. The van der Waals surface area contributed by atoms with E-state index in [4.69, 9.17) is 0 Å². The maximum atomic E-state index is 2.49. The predicted molar refractivity (Wildman–Crippen MR) is 246 cm³/mol. The van der Waals surface area contributed by atoms with Gasteiger partial charge in [-0.2, -0.15) is 0 Å². The molecule has 0 spiro atoms. The topological polar surface area (TPSA) is 13.1 Å². The number of nitrogens with zero attached hydrogens (tertiary/aromatic N) is 3. The third-order valence-corrected chi connectivity index (χ3v) is 11.9. The van der Waals surface area contributed by atoms with Gasteiger partial charge in [-0.1, -0.05) is 140 Å². The summed E-state index contributed by atoms with van der Waals surface area (Å²) >= 11 is 0. The fourth-order valence-corrected chi connectivity index (χ4v) is 9.10. The molecule has 0 radical (unpaired) electrons. The van der Waals surface area contributed by atoms with Crippen molar-refractivity contribution >= 4 is 55.0 Å². The van der Waals surface area contributed by atoms with E-state index in [-0.39, 0.29) is 0 Å². The molecular weight excluding hydrogens is 703 g/mol. The van der Waals surface area contributed by atoms with Gasteiger partial charge in [0, 0.05) is 55.9 Å². The van der Waals surface area contributed by atoms with Crippen molar-refractivity contribution in [2.24, 2.45) is 5.92 Å². The van der Waals surface area contributed by atoms with Gasteiger partial charge in [-0.25, -0.2) is 0 Å². The molecule has 3 heteroatoms. The van der Waals surface area contributed by atoms with Crippen LogP contribution in [0.1, 0.15) is 13.3 Å². The zero-order valence-corrected chi connectivity index (χ0v) is 32.3. The minimum absolute atomic E-state index is 0.352. The Labute approximate surface area is 338 Å². The normalized spacial score (nSPS) is 14.1. The zero-order chi connectivity index (χ0) is 38.6. The molecule has 8 aromatic carbocycles. The van der Waals surface area contributed by atoms with Crippen molar-refractivity contribution < 1.29 is 0 Å². The van der Waals surface area contributed by atoms with Crippen molar-refractivity contribution in [2.45, 2.75) is 13.3 Å². The second-order valence-corrected chi connectivity index (χ2v) is 15.4. The average molecular weight is 744 g/mol. The van der Waals surface area contributed by atoms with Crippen LogP contribution in [0.25, 0.3) is 77.2 Å². The number of aromatic nitrogens is 2. The molecule has 11 rings (SSSR count). The average Bonchev–Trinajstić information content (AvgIpc) is 3.80. The molecule has 1 unspecified atom stereocenters. The smallest absolute Gasteiger partial charge is 0.0542 e. The van der Waals surface area contributed by atoms with Crippen LogP contribution in [0.15, 0.2) is 218 Å². The first-order valence-corrected chi connectivity index (χ1v) is 20.2. The highest BCUT2D eigenvalue weighted by molar-refractivity contribution is 6.12.